The van der Waals surface area contributed by atoms with Crippen LogP contribution in [0.3, 0.4) is 0 Å². The van der Waals surface area contributed by atoms with Gasteiger partial charge in [0.25, 0.3) is 0 Å². The fourth-order valence-electron chi connectivity index (χ4n) is 2.90. The van der Waals surface area contributed by atoms with Crippen LogP contribution in [0.4, 0.5) is 0 Å². The molecule has 0 aromatic carbocycles. The van der Waals surface area contributed by atoms with Crippen molar-refractivity contribution in [2.24, 2.45) is 0 Å². The number of thiophene rings is 1. The summed E-state index contributed by atoms with van der Waals surface area (Å²) < 4.78 is 0. The number of hydrogen-bond donors (Lipinski definition) is 0. The quantitative estimate of drug-likeness (QED) is 0.640. The Morgan fingerprint density at radius 3 is 3.13 bits per heavy atom. The third-order valence-electron chi connectivity index (χ3n) is 3.54. The van der Waals surface area contributed by atoms with Crippen LogP contribution in [0.2, 0.25) is 0 Å². The van der Waals surface area contributed by atoms with Crippen molar-refractivity contribution in [1.29, 1.82) is 0 Å². The molecule has 1 heterocycles. The minimum atomic E-state index is 0.714. The lowest BCUT2D eigenvalue weighted by Crippen LogP contribution is -2.06. The SMILES string of the molecule is CC1=CC2=C(CCCC2c2cccs2)C1. The molecule has 1 atom stereocenters. The van der Waals surface area contributed by atoms with Crippen LogP contribution >= 0.6 is 11.3 Å². The van der Waals surface area contributed by atoms with Crippen molar-refractivity contribution in [2.75, 3.05) is 0 Å². The van der Waals surface area contributed by atoms with E-state index < -0.39 is 0 Å². The van der Waals surface area contributed by atoms with Crippen LogP contribution in [0.15, 0.2) is 40.3 Å². The van der Waals surface area contributed by atoms with Gasteiger partial charge in [-0.25, -0.2) is 0 Å². The Labute approximate surface area is 95.3 Å². The molecule has 2 aliphatic rings. The highest BCUT2D eigenvalue weighted by Gasteiger charge is 2.26. The Bertz CT molecular complexity index is 420. The zero-order valence-electron chi connectivity index (χ0n) is 9.12. The van der Waals surface area contributed by atoms with Gasteiger partial charge in [-0.2, -0.15) is 0 Å². The lowest BCUT2D eigenvalue weighted by atomic mass is 9.83. The minimum absolute atomic E-state index is 0.714. The van der Waals surface area contributed by atoms with Crippen LogP contribution in [0, 0.1) is 0 Å². The minimum Gasteiger partial charge on any atom is -0.148 e. The molecule has 2 aliphatic carbocycles. The molecule has 0 amide bonds. The Hall–Kier alpha value is -0.820. The molecule has 1 aromatic heterocycles. The molecule has 0 fully saturated rings. The van der Waals surface area contributed by atoms with Crippen molar-refractivity contribution in [3.63, 3.8) is 0 Å². The molecule has 1 heteroatoms. The lowest BCUT2D eigenvalue weighted by Gasteiger charge is -2.23. The molecule has 0 bridgehead atoms. The zero-order valence-corrected chi connectivity index (χ0v) is 9.94. The molecule has 0 aliphatic heterocycles. The second-order valence-corrected chi connectivity index (χ2v) is 5.67. The molecule has 0 saturated heterocycles. The normalized spacial score (nSPS) is 25.4. The van der Waals surface area contributed by atoms with Crippen LogP contribution in [0.1, 0.15) is 43.4 Å². The summed E-state index contributed by atoms with van der Waals surface area (Å²) in [4.78, 5) is 1.56. The summed E-state index contributed by atoms with van der Waals surface area (Å²) in [5.74, 6) is 0.714. The summed E-state index contributed by atoms with van der Waals surface area (Å²) in [6.07, 6.45) is 7.76. The van der Waals surface area contributed by atoms with Crippen molar-refractivity contribution < 1.29 is 0 Å². The maximum atomic E-state index is 2.44. The fraction of sp³-hybridized carbons (Fsp3) is 0.429. The monoisotopic (exact) mass is 216 g/mol. The zero-order chi connectivity index (χ0) is 10.3. The van der Waals surface area contributed by atoms with E-state index >= 15 is 0 Å². The number of allylic oxidation sites excluding steroid dienone is 4. The predicted molar refractivity (Wildman–Crippen MR) is 66.3 cm³/mol. The van der Waals surface area contributed by atoms with Gasteiger partial charge in [0.15, 0.2) is 0 Å². The molecule has 3 rings (SSSR count). The highest BCUT2D eigenvalue weighted by Crippen LogP contribution is 2.45. The van der Waals surface area contributed by atoms with Gasteiger partial charge in [0.1, 0.15) is 0 Å². The molecule has 0 radical (unpaired) electrons. The van der Waals surface area contributed by atoms with Crippen molar-refractivity contribution >= 4 is 11.3 Å². The van der Waals surface area contributed by atoms with E-state index in [9.17, 15) is 0 Å². The summed E-state index contributed by atoms with van der Waals surface area (Å²) in [5.41, 5.74) is 4.93. The Kier molecular flexibility index (Phi) is 2.28. The molecule has 0 N–H and O–H groups in total. The van der Waals surface area contributed by atoms with Gasteiger partial charge in [-0.05, 0) is 49.6 Å². The molecule has 1 unspecified atom stereocenters. The Balaban J connectivity index is 1.99. The standard InChI is InChI=1S/C14H16S/c1-10-8-11-4-2-5-12(13(11)9-10)14-6-3-7-15-14/h3,6-7,9,12H,2,4-5,8H2,1H3. The topological polar surface area (TPSA) is 0 Å². The number of hydrogen-bond acceptors (Lipinski definition) is 1. The third-order valence-corrected chi connectivity index (χ3v) is 4.52. The summed E-state index contributed by atoms with van der Waals surface area (Å²) in [6.45, 7) is 2.27. The van der Waals surface area contributed by atoms with Gasteiger partial charge < -0.3 is 0 Å². The first-order chi connectivity index (χ1) is 7.34. The van der Waals surface area contributed by atoms with Crippen molar-refractivity contribution in [3.05, 3.63) is 45.2 Å². The van der Waals surface area contributed by atoms with Crippen molar-refractivity contribution in [3.8, 4) is 0 Å². The fourth-order valence-corrected chi connectivity index (χ4v) is 3.78. The largest absolute Gasteiger partial charge is 0.148 e. The Morgan fingerprint density at radius 1 is 1.40 bits per heavy atom. The van der Waals surface area contributed by atoms with Crippen LogP contribution in [0.5, 0.6) is 0 Å². The summed E-state index contributed by atoms with van der Waals surface area (Å²) in [7, 11) is 0. The first-order valence-electron chi connectivity index (χ1n) is 5.77. The average molecular weight is 216 g/mol. The Morgan fingerprint density at radius 2 is 2.33 bits per heavy atom. The lowest BCUT2D eigenvalue weighted by molar-refractivity contribution is 0.618. The maximum Gasteiger partial charge on any atom is 0.0183 e. The molecule has 0 saturated carbocycles. The van der Waals surface area contributed by atoms with E-state index in [-0.39, 0.29) is 0 Å². The van der Waals surface area contributed by atoms with Gasteiger partial charge in [-0.3, -0.25) is 0 Å². The first kappa shape index (κ1) is 9.41. The third kappa shape index (κ3) is 1.59. The summed E-state index contributed by atoms with van der Waals surface area (Å²) in [5, 5.41) is 2.20. The second kappa shape index (κ2) is 3.64. The highest BCUT2D eigenvalue weighted by molar-refractivity contribution is 7.10. The van der Waals surface area contributed by atoms with Gasteiger partial charge in [-0.15, -0.1) is 11.3 Å². The van der Waals surface area contributed by atoms with E-state index in [0.29, 0.717) is 5.92 Å². The first-order valence-corrected chi connectivity index (χ1v) is 6.65. The van der Waals surface area contributed by atoms with E-state index in [2.05, 4.69) is 30.5 Å². The molecular weight excluding hydrogens is 200 g/mol. The van der Waals surface area contributed by atoms with E-state index in [1.54, 1.807) is 21.6 Å². The maximum absolute atomic E-state index is 2.44. The van der Waals surface area contributed by atoms with Crippen molar-refractivity contribution in [2.45, 2.75) is 38.5 Å². The molecule has 0 spiro atoms. The molecule has 15 heavy (non-hydrogen) atoms. The van der Waals surface area contributed by atoms with E-state index in [4.69, 9.17) is 0 Å². The van der Waals surface area contributed by atoms with Crippen LogP contribution in [-0.2, 0) is 0 Å². The van der Waals surface area contributed by atoms with Gasteiger partial charge >= 0.3 is 0 Å². The van der Waals surface area contributed by atoms with Gasteiger partial charge in [-0.1, -0.05) is 23.3 Å². The average Bonchev–Trinajstić information content (AvgIpc) is 2.82. The van der Waals surface area contributed by atoms with Crippen LogP contribution in [0.25, 0.3) is 0 Å². The van der Waals surface area contributed by atoms with Gasteiger partial charge in [0, 0.05) is 10.8 Å². The summed E-state index contributed by atoms with van der Waals surface area (Å²) >= 11 is 1.92. The van der Waals surface area contributed by atoms with Gasteiger partial charge in [0.05, 0.1) is 0 Å². The molecule has 78 valence electrons. The van der Waals surface area contributed by atoms with Crippen LogP contribution in [-0.4, -0.2) is 0 Å². The predicted octanol–water partition coefficient (Wildman–Crippen LogP) is 4.66. The smallest absolute Gasteiger partial charge is 0.0183 e. The summed E-state index contributed by atoms with van der Waals surface area (Å²) in [6, 6.07) is 4.48. The van der Waals surface area contributed by atoms with Gasteiger partial charge in [0.2, 0.25) is 0 Å². The van der Waals surface area contributed by atoms with E-state index in [0.717, 1.165) is 0 Å². The highest BCUT2D eigenvalue weighted by atomic mass is 32.1. The second-order valence-electron chi connectivity index (χ2n) is 4.69. The number of rotatable bonds is 1. The molecular formula is C14H16S. The van der Waals surface area contributed by atoms with E-state index in [1.807, 2.05) is 11.3 Å². The molecule has 0 nitrogen and oxygen atoms in total. The van der Waals surface area contributed by atoms with Crippen LogP contribution < -0.4 is 0 Å². The van der Waals surface area contributed by atoms with Crippen molar-refractivity contribution in [1.82, 2.24) is 0 Å². The molecule has 1 aromatic rings. The van der Waals surface area contributed by atoms with E-state index in [1.165, 1.54) is 25.7 Å².